The van der Waals surface area contributed by atoms with Crippen LogP contribution in [-0.2, 0) is 0 Å². The summed E-state index contributed by atoms with van der Waals surface area (Å²) in [5, 5.41) is 0. The van der Waals surface area contributed by atoms with Crippen LogP contribution >= 0.6 is 22.6 Å². The van der Waals surface area contributed by atoms with E-state index < -0.39 is 0 Å². The minimum atomic E-state index is 0.908. The molecule has 0 radical (unpaired) electrons. The van der Waals surface area contributed by atoms with E-state index in [2.05, 4.69) is 38.4 Å². The molecule has 1 rings (SSSR count). The lowest BCUT2D eigenvalue weighted by Gasteiger charge is -1.91. The van der Waals surface area contributed by atoms with Gasteiger partial charge in [0.1, 0.15) is 3.70 Å². The Kier molecular flexibility index (Phi) is 2.40. The van der Waals surface area contributed by atoms with Crippen LogP contribution in [0.2, 0.25) is 0 Å². The van der Waals surface area contributed by atoms with Gasteiger partial charge in [0.25, 0.3) is 0 Å². The first-order chi connectivity index (χ1) is 4.70. The summed E-state index contributed by atoms with van der Waals surface area (Å²) < 4.78 is 0.908. The molecule has 0 atom stereocenters. The smallest absolute Gasteiger partial charge is 0.132 e. The third-order valence-corrected chi connectivity index (χ3v) is 2.10. The monoisotopic (exact) mass is 246 g/mol. The predicted molar refractivity (Wildman–Crippen MR) is 51.8 cm³/mol. The van der Waals surface area contributed by atoms with Gasteiger partial charge in [-0.15, -0.1) is 0 Å². The number of nitrogens with zero attached hydrogens (tertiary/aromatic N) is 2. The Morgan fingerprint density at radius 2 is 2.20 bits per heavy atom. The molecular weight excluding hydrogens is 239 g/mol. The quantitative estimate of drug-likeness (QED) is 0.463. The van der Waals surface area contributed by atoms with E-state index in [-0.39, 0.29) is 0 Å². The van der Waals surface area contributed by atoms with Crippen molar-refractivity contribution in [2.75, 3.05) is 0 Å². The molecule has 0 saturated carbocycles. The fourth-order valence-corrected chi connectivity index (χ4v) is 0.866. The molecule has 1 aliphatic rings. The molecule has 0 unspecified atom stereocenters. The van der Waals surface area contributed by atoms with Crippen molar-refractivity contribution in [1.82, 2.24) is 0 Å². The van der Waals surface area contributed by atoms with Crippen LogP contribution in [0.15, 0.2) is 25.5 Å². The molecule has 0 aromatic carbocycles. The van der Waals surface area contributed by atoms with Crippen molar-refractivity contribution < 1.29 is 0 Å². The van der Waals surface area contributed by atoms with E-state index in [4.69, 9.17) is 0 Å². The highest BCUT2D eigenvalue weighted by atomic mass is 127. The van der Waals surface area contributed by atoms with Gasteiger partial charge in [-0.25, -0.2) is 0 Å². The van der Waals surface area contributed by atoms with Crippen LogP contribution in [0.1, 0.15) is 13.8 Å². The van der Waals surface area contributed by atoms with Gasteiger partial charge in [-0.3, -0.25) is 4.99 Å². The Bertz CT molecular complexity index is 267. The second-order valence-corrected chi connectivity index (χ2v) is 3.04. The van der Waals surface area contributed by atoms with Crippen LogP contribution < -0.4 is 0 Å². The number of hydrogen-bond donors (Lipinski definition) is 0. The lowest BCUT2D eigenvalue weighted by molar-refractivity contribution is 1.27. The van der Waals surface area contributed by atoms with Crippen molar-refractivity contribution in [3.05, 3.63) is 15.5 Å². The number of aliphatic imine (C=N–C) groups is 2. The average molecular weight is 246 g/mol. The Labute approximate surface area is 73.6 Å². The van der Waals surface area contributed by atoms with Crippen LogP contribution in [0.5, 0.6) is 0 Å². The van der Waals surface area contributed by atoms with Gasteiger partial charge in [-0.2, -0.15) is 4.99 Å². The van der Waals surface area contributed by atoms with E-state index >= 15 is 0 Å². The normalized spacial score (nSPS) is 17.3. The topological polar surface area (TPSA) is 24.7 Å². The van der Waals surface area contributed by atoms with Crippen molar-refractivity contribution in [3.8, 4) is 0 Å². The van der Waals surface area contributed by atoms with Crippen molar-refractivity contribution in [2.45, 2.75) is 13.8 Å². The summed E-state index contributed by atoms with van der Waals surface area (Å²) in [7, 11) is 0. The summed E-state index contributed by atoms with van der Waals surface area (Å²) in [6.07, 6.45) is 1.77. The summed E-state index contributed by atoms with van der Waals surface area (Å²) in [5.41, 5.74) is 1.91. The van der Waals surface area contributed by atoms with E-state index in [1.54, 1.807) is 6.08 Å². The number of hydrogen-bond acceptors (Lipinski definition) is 2. The summed E-state index contributed by atoms with van der Waals surface area (Å²) in [6, 6.07) is 0. The highest BCUT2D eigenvalue weighted by Gasteiger charge is 1.96. The van der Waals surface area contributed by atoms with Crippen LogP contribution in [0.4, 0.5) is 0 Å². The lowest BCUT2D eigenvalue weighted by Crippen LogP contribution is -1.82. The predicted octanol–water partition coefficient (Wildman–Crippen LogP) is 2.31. The third-order valence-electron chi connectivity index (χ3n) is 1.08. The Morgan fingerprint density at radius 1 is 1.50 bits per heavy atom. The van der Waals surface area contributed by atoms with E-state index in [0.29, 0.717) is 0 Å². The Balaban J connectivity index is 3.14. The van der Waals surface area contributed by atoms with Gasteiger partial charge in [0.15, 0.2) is 0 Å². The molecule has 0 aromatic rings. The number of halogens is 1. The molecule has 1 heterocycles. The standard InChI is InChI=1S/C7H7IN2/c1-5-3-4-9-7(8)6(2)10-5/h3H,1-2H3. The molecule has 0 aliphatic carbocycles. The first-order valence-electron chi connectivity index (χ1n) is 2.91. The third kappa shape index (κ3) is 1.78. The highest BCUT2D eigenvalue weighted by molar-refractivity contribution is 14.1. The minimum Gasteiger partial charge on any atom is -0.255 e. The van der Waals surface area contributed by atoms with Gasteiger partial charge in [-0.1, -0.05) is 0 Å². The van der Waals surface area contributed by atoms with Crippen molar-refractivity contribution in [2.24, 2.45) is 9.98 Å². The van der Waals surface area contributed by atoms with Crippen molar-refractivity contribution >= 4 is 34.2 Å². The summed E-state index contributed by atoms with van der Waals surface area (Å²) in [5.74, 6) is 2.78. The highest BCUT2D eigenvalue weighted by Crippen LogP contribution is 2.15. The van der Waals surface area contributed by atoms with Gasteiger partial charge < -0.3 is 0 Å². The molecule has 0 amide bonds. The van der Waals surface area contributed by atoms with Gasteiger partial charge >= 0.3 is 0 Å². The molecule has 3 heteroatoms. The van der Waals surface area contributed by atoms with Gasteiger partial charge in [0, 0.05) is 11.8 Å². The molecule has 0 N–H and O–H groups in total. The molecule has 0 aromatic heterocycles. The Morgan fingerprint density at radius 3 is 2.90 bits per heavy atom. The largest absolute Gasteiger partial charge is 0.255 e. The van der Waals surface area contributed by atoms with Gasteiger partial charge in [0.2, 0.25) is 0 Å². The average Bonchev–Trinajstić information content (AvgIpc) is 1.96. The van der Waals surface area contributed by atoms with Gasteiger partial charge in [0.05, 0.1) is 5.70 Å². The Hall–Kier alpha value is -0.410. The first-order valence-corrected chi connectivity index (χ1v) is 3.99. The van der Waals surface area contributed by atoms with Crippen LogP contribution in [-0.4, -0.2) is 11.6 Å². The van der Waals surface area contributed by atoms with Crippen molar-refractivity contribution in [3.63, 3.8) is 0 Å². The van der Waals surface area contributed by atoms with Crippen LogP contribution in [0, 0.1) is 0 Å². The second kappa shape index (κ2) is 3.12. The summed E-state index contributed by atoms with van der Waals surface area (Å²) in [6.45, 7) is 3.87. The molecule has 0 bridgehead atoms. The molecule has 0 saturated heterocycles. The molecule has 10 heavy (non-hydrogen) atoms. The first kappa shape index (κ1) is 7.69. The van der Waals surface area contributed by atoms with E-state index in [9.17, 15) is 0 Å². The maximum Gasteiger partial charge on any atom is 0.132 e. The molecular formula is C7H7IN2. The second-order valence-electron chi connectivity index (χ2n) is 2.01. The summed E-state index contributed by atoms with van der Waals surface area (Å²) in [4.78, 5) is 8.24. The zero-order valence-corrected chi connectivity index (χ0v) is 8.01. The lowest BCUT2D eigenvalue weighted by atomic mass is 10.4. The molecule has 1 aliphatic heterocycles. The van der Waals surface area contributed by atoms with E-state index in [0.717, 1.165) is 15.1 Å². The zero-order chi connectivity index (χ0) is 7.56. The van der Waals surface area contributed by atoms with E-state index in [1.165, 1.54) is 0 Å². The maximum absolute atomic E-state index is 4.23. The SMILES string of the molecule is CC1=NC(C)=C(I)N=C=C1. The minimum absolute atomic E-state index is 0.908. The van der Waals surface area contributed by atoms with Crippen molar-refractivity contribution in [1.29, 1.82) is 0 Å². The molecule has 0 spiro atoms. The maximum atomic E-state index is 4.23. The van der Waals surface area contributed by atoms with Crippen LogP contribution in [0.3, 0.4) is 0 Å². The molecule has 2 nitrogen and oxygen atoms in total. The van der Waals surface area contributed by atoms with Gasteiger partial charge in [-0.05, 0) is 42.3 Å². The molecule has 0 fully saturated rings. The number of allylic oxidation sites excluding steroid dienone is 2. The summed E-state index contributed by atoms with van der Waals surface area (Å²) >= 11 is 2.14. The van der Waals surface area contributed by atoms with Crippen LogP contribution in [0.25, 0.3) is 0 Å². The fraction of sp³-hybridized carbons (Fsp3) is 0.286. The number of rotatable bonds is 0. The zero-order valence-electron chi connectivity index (χ0n) is 5.85. The van der Waals surface area contributed by atoms with E-state index in [1.807, 2.05) is 13.8 Å². The molecule has 52 valence electrons. The fourth-order valence-electron chi connectivity index (χ4n) is 0.606.